The molecule has 0 aliphatic rings. The van der Waals surface area contributed by atoms with Gasteiger partial charge < -0.3 is 24.6 Å². The van der Waals surface area contributed by atoms with E-state index in [2.05, 4.69) is 0 Å². The first-order valence-electron chi connectivity index (χ1n) is 0.478. The van der Waals surface area contributed by atoms with Gasteiger partial charge in [0.15, 0.2) is 0 Å². The second-order valence-electron chi connectivity index (χ2n) is 0.271. The fourth-order valence-electron chi connectivity index (χ4n) is 0. The van der Waals surface area contributed by atoms with Crippen LogP contribution < -0.4 is 0 Å². The van der Waals surface area contributed by atoms with E-state index >= 15 is 0 Å². The van der Waals surface area contributed by atoms with Crippen molar-refractivity contribution in [2.24, 2.45) is 0 Å². The normalized spacial score (nSPS) is 7.60. The third-order valence-corrected chi connectivity index (χ3v) is 0. The molecule has 4 N–H and O–H groups in total. The minimum absolute atomic E-state index is 0. The first-order chi connectivity index (χ1) is 2.00. The van der Waals surface area contributed by atoms with Gasteiger partial charge in [0, 0.05) is 0 Å². The van der Waals surface area contributed by atoms with Crippen molar-refractivity contribution in [2.75, 3.05) is 0 Å². The van der Waals surface area contributed by atoms with Crippen LogP contribution in [-0.2, 0) is 31.9 Å². The van der Waals surface area contributed by atoms with Crippen molar-refractivity contribution < 1.29 is 31.9 Å². The molecule has 0 aromatic heterocycles. The smallest absolute Gasteiger partial charge is 0.826 e. The summed E-state index contributed by atoms with van der Waals surface area (Å²) in [6.45, 7) is 0. The number of hydrogen-bond donors (Lipinski definition) is 0. The molecule has 0 aliphatic carbocycles. The molecule has 0 amide bonds. The molecule has 0 saturated carbocycles. The topological polar surface area (TPSA) is 128 Å². The van der Waals surface area contributed by atoms with Gasteiger partial charge in [0.2, 0.25) is 0 Å². The fourth-order valence-corrected chi connectivity index (χ4v) is 0. The van der Waals surface area contributed by atoms with Crippen molar-refractivity contribution >= 4 is 38.1 Å². The van der Waals surface area contributed by atoms with Gasteiger partial charge in [-0.05, 0) is 0 Å². The summed E-state index contributed by atoms with van der Waals surface area (Å²) < 4.78 is 0. The van der Waals surface area contributed by atoms with Crippen LogP contribution in [-0.4, -0.2) is 0 Å². The molecule has 76 valence electrons. The maximum absolute atomic E-state index is 4.98. The summed E-state index contributed by atoms with van der Waals surface area (Å²) in [5.41, 5.74) is 0. The van der Waals surface area contributed by atoms with E-state index in [-0.39, 0.29) is 45.0 Å². The van der Waals surface area contributed by atoms with Gasteiger partial charge in [-0.1, -0.05) is 0 Å². The van der Waals surface area contributed by atoms with E-state index in [9.17, 15) is 0 Å². The molecule has 0 aromatic rings. The number of halogens is 4. The van der Waals surface area contributed by atoms with Crippen LogP contribution in [0.1, 0.15) is 0 Å². The van der Waals surface area contributed by atoms with E-state index in [1.807, 2.05) is 0 Å². The largest absolute Gasteiger partial charge is 2.00 e. The van der Waals surface area contributed by atoms with Gasteiger partial charge in [-0.25, -0.2) is 0 Å². The molecule has 0 bridgehead atoms. The SMILES string of the molecule is [Cl][Pd-2]([Cl])([Cl])[Cl].[NH-].[NH-].[NH-].[NH-].[Pd+2]. The molecule has 0 saturated heterocycles. The maximum Gasteiger partial charge on any atom is 2.00 e. The Morgan fingerprint density at radius 2 is 0.600 bits per heavy atom. The Labute approximate surface area is 93.6 Å². The van der Waals surface area contributed by atoms with Crippen molar-refractivity contribution in [3.05, 3.63) is 24.6 Å². The first-order valence-corrected chi connectivity index (χ1v) is 8.49. The van der Waals surface area contributed by atoms with Crippen molar-refractivity contribution in [1.82, 2.24) is 0 Å². The van der Waals surface area contributed by atoms with E-state index in [1.54, 1.807) is 0 Å². The van der Waals surface area contributed by atoms with Gasteiger partial charge in [0.05, 0.1) is 0 Å². The third-order valence-electron chi connectivity index (χ3n) is 0. The summed E-state index contributed by atoms with van der Waals surface area (Å²) in [6, 6.07) is 0. The average molecular weight is 415 g/mol. The quantitative estimate of drug-likeness (QED) is 0.506. The van der Waals surface area contributed by atoms with Crippen LogP contribution in [0.15, 0.2) is 0 Å². The summed E-state index contributed by atoms with van der Waals surface area (Å²) >= 11 is -2.81. The van der Waals surface area contributed by atoms with Crippen LogP contribution in [0, 0.1) is 0 Å². The second kappa shape index (κ2) is 17.4. The standard InChI is InChI=1S/4ClH.4HN.2Pd/h8*1H;;/q;;;;4*-1;2*+2/p-4. The fraction of sp³-hybridized carbons (Fsp3) is 0. The van der Waals surface area contributed by atoms with Gasteiger partial charge in [0.1, 0.15) is 0 Å². The van der Waals surface area contributed by atoms with Crippen molar-refractivity contribution in [1.29, 1.82) is 0 Å². The molecule has 10 heavy (non-hydrogen) atoms. The number of rotatable bonds is 0. The summed E-state index contributed by atoms with van der Waals surface area (Å²) in [7, 11) is 19.9. The predicted octanol–water partition coefficient (Wildman–Crippen LogP) is 4.76. The Kier molecular flexibility index (Phi) is 68.8. The zero-order valence-corrected chi connectivity index (χ0v) is 10.3. The zero-order valence-electron chi connectivity index (χ0n) is 4.14. The van der Waals surface area contributed by atoms with Crippen molar-refractivity contribution in [3.63, 3.8) is 0 Å². The molecule has 0 fully saturated rings. The average Bonchev–Trinajstić information content (AvgIpc) is 0.722. The van der Waals surface area contributed by atoms with Gasteiger partial charge in [-0.2, -0.15) is 0 Å². The summed E-state index contributed by atoms with van der Waals surface area (Å²) in [4.78, 5) is 0. The molecule has 0 atom stereocenters. The Morgan fingerprint density at radius 3 is 0.600 bits per heavy atom. The second-order valence-corrected chi connectivity index (χ2v) is 14.4. The Balaban J connectivity index is -0.00000000800. The molecule has 4 radical (unpaired) electrons. The van der Waals surface area contributed by atoms with Crippen LogP contribution in [0.5, 0.6) is 0 Å². The van der Waals surface area contributed by atoms with Crippen LogP contribution in [0.3, 0.4) is 0 Å². The van der Waals surface area contributed by atoms with Gasteiger partial charge in [-0.15, -0.1) is 0 Å². The van der Waals surface area contributed by atoms with E-state index in [4.69, 9.17) is 38.1 Å². The Hall–Kier alpha value is 2.32. The van der Waals surface area contributed by atoms with E-state index < -0.39 is 11.5 Å². The molecular weight excluding hydrogens is 411 g/mol. The van der Waals surface area contributed by atoms with E-state index in [0.717, 1.165) is 0 Å². The minimum Gasteiger partial charge on any atom is -0.826 e. The third kappa shape index (κ3) is 166. The monoisotopic (exact) mass is 412 g/mol. The molecule has 0 spiro atoms. The summed E-state index contributed by atoms with van der Waals surface area (Å²) in [6.07, 6.45) is 0. The van der Waals surface area contributed by atoms with Gasteiger partial charge in [-0.3, -0.25) is 0 Å². The van der Waals surface area contributed by atoms with Gasteiger partial charge in [0.25, 0.3) is 0 Å². The zero-order chi connectivity index (χ0) is 4.50. The number of nitrogens with one attached hydrogen (secondary N) is 4. The van der Waals surface area contributed by atoms with E-state index in [1.165, 1.54) is 0 Å². The predicted molar refractivity (Wildman–Crippen MR) is 40.7 cm³/mol. The minimum atomic E-state index is -2.81. The van der Waals surface area contributed by atoms with Crippen LogP contribution >= 0.6 is 38.1 Å². The van der Waals surface area contributed by atoms with Crippen LogP contribution in [0.4, 0.5) is 0 Å². The molecular formula is H4Cl4N4Pd2-4. The van der Waals surface area contributed by atoms with Crippen molar-refractivity contribution in [3.8, 4) is 0 Å². The van der Waals surface area contributed by atoms with Gasteiger partial charge >= 0.3 is 70.0 Å². The van der Waals surface area contributed by atoms with Crippen molar-refractivity contribution in [2.45, 2.75) is 0 Å². The summed E-state index contributed by atoms with van der Waals surface area (Å²) in [5.74, 6) is 0. The molecule has 0 aromatic carbocycles. The Morgan fingerprint density at radius 1 is 0.600 bits per heavy atom. The number of hydrogen-bond acceptors (Lipinski definition) is 0. The molecule has 0 rings (SSSR count). The molecule has 0 heterocycles. The first kappa shape index (κ1) is 39.5. The molecule has 0 aliphatic heterocycles. The van der Waals surface area contributed by atoms with Crippen LogP contribution in [0.2, 0.25) is 0 Å². The summed E-state index contributed by atoms with van der Waals surface area (Å²) in [5, 5.41) is 0. The molecule has 4 nitrogen and oxygen atoms in total. The Bertz CT molecular complexity index is 30.7. The maximum atomic E-state index is 4.98. The molecule has 10 heteroatoms. The van der Waals surface area contributed by atoms with Crippen LogP contribution in [0.25, 0.3) is 24.6 Å². The van der Waals surface area contributed by atoms with E-state index in [0.29, 0.717) is 0 Å². The molecule has 0 unspecified atom stereocenters.